The number of nitrogens with zero attached hydrogens (tertiary/aromatic N) is 1. The third-order valence-corrected chi connectivity index (χ3v) is 2.14. The number of carbonyl (C=O) groups excluding carboxylic acids is 1. The van der Waals surface area contributed by atoms with Gasteiger partial charge in [-0.15, -0.1) is 0 Å². The summed E-state index contributed by atoms with van der Waals surface area (Å²) in [6.45, 7) is 0. The summed E-state index contributed by atoms with van der Waals surface area (Å²) in [7, 11) is 0. The van der Waals surface area contributed by atoms with Gasteiger partial charge in [-0.3, -0.25) is 4.79 Å². The molecule has 1 aromatic heterocycles. The van der Waals surface area contributed by atoms with Crippen LogP contribution in [-0.2, 0) is 0 Å². The van der Waals surface area contributed by atoms with Gasteiger partial charge in [-0.25, -0.2) is 4.98 Å². The molecule has 2 rings (SSSR count). The summed E-state index contributed by atoms with van der Waals surface area (Å²) in [4.78, 5) is 15.0. The van der Waals surface area contributed by atoms with Crippen LogP contribution in [0.2, 0.25) is 5.15 Å². The second-order valence-electron chi connectivity index (χ2n) is 2.88. The molecule has 0 saturated carbocycles. The maximum Gasteiger partial charge on any atom is 0.268 e. The minimum atomic E-state index is -0.566. The van der Waals surface area contributed by atoms with Gasteiger partial charge in [0.2, 0.25) is 0 Å². The summed E-state index contributed by atoms with van der Waals surface area (Å²) in [5.74, 6) is -0.566. The molecule has 3 nitrogen and oxygen atoms in total. The molecule has 0 spiro atoms. The maximum absolute atomic E-state index is 11.1. The van der Waals surface area contributed by atoms with Crippen molar-refractivity contribution < 1.29 is 4.79 Å². The van der Waals surface area contributed by atoms with Crippen LogP contribution in [0.5, 0.6) is 0 Å². The number of nitrogens with two attached hydrogens (primary N) is 1. The van der Waals surface area contributed by atoms with Gasteiger partial charge in [-0.05, 0) is 11.5 Å². The van der Waals surface area contributed by atoms with Gasteiger partial charge in [0.1, 0.15) is 10.8 Å². The Balaban J connectivity index is 2.87. The van der Waals surface area contributed by atoms with Crippen LogP contribution in [0.4, 0.5) is 0 Å². The fraction of sp³-hybridized carbons (Fsp3) is 0. The molecule has 1 aromatic carbocycles. The van der Waals surface area contributed by atoms with E-state index in [1.54, 1.807) is 12.1 Å². The van der Waals surface area contributed by atoms with Crippen LogP contribution < -0.4 is 5.73 Å². The number of halogens is 1. The number of primary amides is 1. The number of amides is 1. The molecule has 1 heterocycles. The lowest BCUT2D eigenvalue weighted by molar-refractivity contribution is 0.0997. The fourth-order valence-electron chi connectivity index (χ4n) is 1.35. The molecule has 0 fully saturated rings. The van der Waals surface area contributed by atoms with E-state index >= 15 is 0 Å². The summed E-state index contributed by atoms with van der Waals surface area (Å²) >= 11 is 5.75. The van der Waals surface area contributed by atoms with Crippen LogP contribution in [0.1, 0.15) is 10.5 Å². The van der Waals surface area contributed by atoms with Crippen LogP contribution in [-0.4, -0.2) is 10.9 Å². The molecular weight excluding hydrogens is 200 g/mol. The molecule has 1 amide bonds. The van der Waals surface area contributed by atoms with E-state index in [-0.39, 0.29) is 10.8 Å². The highest BCUT2D eigenvalue weighted by Crippen LogP contribution is 2.20. The van der Waals surface area contributed by atoms with Crippen molar-refractivity contribution in [2.45, 2.75) is 0 Å². The van der Waals surface area contributed by atoms with Crippen LogP contribution in [0.15, 0.2) is 30.3 Å². The van der Waals surface area contributed by atoms with Gasteiger partial charge in [0.05, 0.1) is 0 Å². The molecule has 0 unspecified atom stereocenters. The van der Waals surface area contributed by atoms with Gasteiger partial charge in [0, 0.05) is 5.39 Å². The first-order chi connectivity index (χ1) is 6.68. The normalized spacial score (nSPS) is 10.4. The second-order valence-corrected chi connectivity index (χ2v) is 3.27. The first kappa shape index (κ1) is 8.97. The molecule has 70 valence electrons. The number of rotatable bonds is 1. The highest BCUT2D eigenvalue weighted by Gasteiger charge is 2.08. The quantitative estimate of drug-likeness (QED) is 0.726. The molecule has 0 atom stereocenters. The Bertz CT molecular complexity index is 510. The van der Waals surface area contributed by atoms with Crippen molar-refractivity contribution >= 4 is 28.3 Å². The highest BCUT2D eigenvalue weighted by atomic mass is 35.5. The lowest BCUT2D eigenvalue weighted by atomic mass is 10.1. The van der Waals surface area contributed by atoms with E-state index in [9.17, 15) is 4.79 Å². The van der Waals surface area contributed by atoms with Gasteiger partial charge in [0.15, 0.2) is 0 Å². The van der Waals surface area contributed by atoms with Crippen molar-refractivity contribution in [2.75, 3.05) is 0 Å². The van der Waals surface area contributed by atoms with Crippen molar-refractivity contribution in [1.29, 1.82) is 0 Å². The average Bonchev–Trinajstić information content (AvgIpc) is 2.16. The van der Waals surface area contributed by atoms with Gasteiger partial charge in [0.25, 0.3) is 5.91 Å². The largest absolute Gasteiger partial charge is 0.364 e. The Labute approximate surface area is 85.5 Å². The predicted molar refractivity (Wildman–Crippen MR) is 55.3 cm³/mol. The lowest BCUT2D eigenvalue weighted by Crippen LogP contribution is -2.13. The monoisotopic (exact) mass is 206 g/mol. The van der Waals surface area contributed by atoms with Gasteiger partial charge in [-0.2, -0.15) is 0 Å². The SMILES string of the molecule is NC(=O)c1nc(Cl)cc2ccccc12. The Hall–Kier alpha value is -1.61. The molecule has 4 heteroatoms. The smallest absolute Gasteiger partial charge is 0.268 e. The van der Waals surface area contributed by atoms with E-state index in [0.717, 1.165) is 10.8 Å². The van der Waals surface area contributed by atoms with Crippen molar-refractivity contribution in [2.24, 2.45) is 5.73 Å². The first-order valence-corrected chi connectivity index (χ1v) is 4.41. The number of hydrogen-bond acceptors (Lipinski definition) is 2. The third kappa shape index (κ3) is 1.42. The molecule has 0 bridgehead atoms. The molecule has 0 radical (unpaired) electrons. The Kier molecular flexibility index (Phi) is 2.09. The number of benzene rings is 1. The van der Waals surface area contributed by atoms with Gasteiger partial charge in [-0.1, -0.05) is 35.9 Å². The topological polar surface area (TPSA) is 56.0 Å². The van der Waals surface area contributed by atoms with E-state index < -0.39 is 5.91 Å². The van der Waals surface area contributed by atoms with Crippen molar-refractivity contribution in [3.8, 4) is 0 Å². The zero-order chi connectivity index (χ0) is 10.1. The fourth-order valence-corrected chi connectivity index (χ4v) is 1.56. The van der Waals surface area contributed by atoms with E-state index in [4.69, 9.17) is 17.3 Å². The zero-order valence-electron chi connectivity index (χ0n) is 7.20. The summed E-state index contributed by atoms with van der Waals surface area (Å²) < 4.78 is 0. The van der Waals surface area contributed by atoms with E-state index in [1.165, 1.54) is 0 Å². The second kappa shape index (κ2) is 3.27. The van der Waals surface area contributed by atoms with Crippen LogP contribution in [0, 0.1) is 0 Å². The predicted octanol–water partition coefficient (Wildman–Crippen LogP) is 1.99. The Morgan fingerprint density at radius 3 is 2.79 bits per heavy atom. The zero-order valence-corrected chi connectivity index (χ0v) is 7.95. The Morgan fingerprint density at radius 1 is 1.36 bits per heavy atom. The number of carbonyl (C=O) groups is 1. The minimum absolute atomic E-state index is 0.216. The van der Waals surface area contributed by atoms with Crippen molar-refractivity contribution in [1.82, 2.24) is 4.98 Å². The minimum Gasteiger partial charge on any atom is -0.364 e. The molecule has 2 N–H and O–H groups in total. The number of aromatic nitrogens is 1. The van der Waals surface area contributed by atoms with Gasteiger partial charge < -0.3 is 5.73 Å². The molecule has 14 heavy (non-hydrogen) atoms. The molecule has 0 aliphatic carbocycles. The molecule has 0 saturated heterocycles. The molecule has 0 aliphatic rings. The summed E-state index contributed by atoms with van der Waals surface area (Å²) in [5.41, 5.74) is 5.40. The number of fused-ring (bicyclic) bond motifs is 1. The highest BCUT2D eigenvalue weighted by molar-refractivity contribution is 6.30. The summed E-state index contributed by atoms with van der Waals surface area (Å²) in [5, 5.41) is 1.86. The van der Waals surface area contributed by atoms with Gasteiger partial charge >= 0.3 is 0 Å². The molecule has 0 aliphatic heterocycles. The molecular formula is C10H7ClN2O. The standard InChI is InChI=1S/C10H7ClN2O/c11-8-5-6-3-1-2-4-7(6)9(13-8)10(12)14/h1-5H,(H2,12,14). The number of pyridine rings is 1. The van der Waals surface area contributed by atoms with Crippen LogP contribution in [0.25, 0.3) is 10.8 Å². The van der Waals surface area contributed by atoms with E-state index in [1.807, 2.05) is 18.2 Å². The lowest BCUT2D eigenvalue weighted by Gasteiger charge is -2.02. The maximum atomic E-state index is 11.1. The average molecular weight is 207 g/mol. The van der Waals surface area contributed by atoms with Crippen molar-refractivity contribution in [3.05, 3.63) is 41.2 Å². The molecule has 2 aromatic rings. The third-order valence-electron chi connectivity index (χ3n) is 1.94. The van der Waals surface area contributed by atoms with Crippen LogP contribution >= 0.6 is 11.6 Å². The summed E-state index contributed by atoms with van der Waals surface area (Å²) in [6, 6.07) is 9.03. The number of hydrogen-bond donors (Lipinski definition) is 1. The van der Waals surface area contributed by atoms with E-state index in [0.29, 0.717) is 0 Å². The summed E-state index contributed by atoms with van der Waals surface area (Å²) in [6.07, 6.45) is 0. The first-order valence-electron chi connectivity index (χ1n) is 4.03. The van der Waals surface area contributed by atoms with Crippen LogP contribution in [0.3, 0.4) is 0 Å². The van der Waals surface area contributed by atoms with E-state index in [2.05, 4.69) is 4.98 Å². The van der Waals surface area contributed by atoms with Crippen molar-refractivity contribution in [3.63, 3.8) is 0 Å². The Morgan fingerprint density at radius 2 is 2.07 bits per heavy atom.